The van der Waals surface area contributed by atoms with E-state index in [1.54, 1.807) is 17.0 Å². The van der Waals surface area contributed by atoms with Crippen molar-refractivity contribution in [3.05, 3.63) is 45.1 Å². The maximum Gasteiger partial charge on any atom is 0.290 e. The number of halogens is 2. The van der Waals surface area contributed by atoms with Crippen molar-refractivity contribution in [2.75, 3.05) is 13.2 Å². The Balaban J connectivity index is 1.56. The Hall–Kier alpha value is -1.56. The zero-order valence-corrected chi connectivity index (χ0v) is 18.4. The van der Waals surface area contributed by atoms with Gasteiger partial charge in [-0.3, -0.25) is 9.59 Å². The Labute approximate surface area is 186 Å². The van der Waals surface area contributed by atoms with Gasteiger partial charge in [-0.25, -0.2) is 0 Å². The van der Waals surface area contributed by atoms with Crippen LogP contribution in [-0.2, 0) is 19.1 Å². The predicted molar refractivity (Wildman–Crippen MR) is 113 cm³/mol. The van der Waals surface area contributed by atoms with Gasteiger partial charge in [0.15, 0.2) is 11.5 Å². The molecular formula is C23H25Cl2NO4. The van der Waals surface area contributed by atoms with Gasteiger partial charge >= 0.3 is 0 Å². The van der Waals surface area contributed by atoms with E-state index in [1.807, 2.05) is 6.07 Å². The van der Waals surface area contributed by atoms with Crippen molar-refractivity contribution >= 4 is 34.9 Å². The summed E-state index contributed by atoms with van der Waals surface area (Å²) in [6, 6.07) is 4.79. The second kappa shape index (κ2) is 7.85. The summed E-state index contributed by atoms with van der Waals surface area (Å²) < 4.78 is 12.0. The van der Waals surface area contributed by atoms with Crippen molar-refractivity contribution in [1.82, 2.24) is 4.90 Å². The molecule has 5 rings (SSSR count). The first-order valence-corrected chi connectivity index (χ1v) is 11.5. The largest absolute Gasteiger partial charge is 0.483 e. The van der Waals surface area contributed by atoms with Gasteiger partial charge in [-0.15, -0.1) is 0 Å². The number of ether oxygens (including phenoxy) is 2. The molecule has 0 bridgehead atoms. The molecule has 5 atom stereocenters. The molecule has 0 N–H and O–H groups in total. The number of amides is 1. The molecule has 1 saturated heterocycles. The molecule has 3 aliphatic heterocycles. The van der Waals surface area contributed by atoms with E-state index in [0.29, 0.717) is 34.7 Å². The lowest BCUT2D eigenvalue weighted by atomic mass is 9.74. The molecule has 1 aliphatic carbocycles. The summed E-state index contributed by atoms with van der Waals surface area (Å²) in [7, 11) is 0. The third-order valence-electron chi connectivity index (χ3n) is 6.89. The van der Waals surface area contributed by atoms with Crippen LogP contribution in [0, 0.1) is 11.8 Å². The van der Waals surface area contributed by atoms with E-state index in [1.165, 1.54) is 0 Å². The quantitative estimate of drug-likeness (QED) is 0.669. The molecular weight excluding hydrogens is 425 g/mol. The van der Waals surface area contributed by atoms with Gasteiger partial charge in [0, 0.05) is 13.2 Å². The number of Topliss-reactive ketones (excluding diaryl/α,β-unsaturated/α-hetero) is 1. The number of ketones is 1. The molecule has 160 valence electrons. The summed E-state index contributed by atoms with van der Waals surface area (Å²) in [5, 5.41) is 0.845. The second-order valence-corrected chi connectivity index (χ2v) is 9.77. The Kier molecular flexibility index (Phi) is 5.32. The summed E-state index contributed by atoms with van der Waals surface area (Å²) >= 11 is 12.4. The van der Waals surface area contributed by atoms with Crippen molar-refractivity contribution < 1.29 is 19.1 Å². The van der Waals surface area contributed by atoms with Gasteiger partial charge in [0.05, 0.1) is 33.7 Å². The first-order valence-electron chi connectivity index (χ1n) is 10.8. The fourth-order valence-electron chi connectivity index (χ4n) is 5.35. The van der Waals surface area contributed by atoms with Crippen molar-refractivity contribution in [2.45, 2.75) is 57.3 Å². The lowest BCUT2D eigenvalue weighted by Crippen LogP contribution is -2.41. The summed E-state index contributed by atoms with van der Waals surface area (Å²) in [5.41, 5.74) is 1.26. The molecule has 5 unspecified atom stereocenters. The maximum atomic E-state index is 13.6. The van der Waals surface area contributed by atoms with E-state index < -0.39 is 6.04 Å². The first-order chi connectivity index (χ1) is 14.4. The van der Waals surface area contributed by atoms with Crippen LogP contribution in [0.4, 0.5) is 0 Å². The van der Waals surface area contributed by atoms with Crippen LogP contribution >= 0.6 is 23.2 Å². The Morgan fingerprint density at radius 3 is 2.70 bits per heavy atom. The minimum absolute atomic E-state index is 0.0297. The minimum atomic E-state index is -0.517. The molecule has 4 aliphatic rings. The molecule has 0 radical (unpaired) electrons. The van der Waals surface area contributed by atoms with Crippen LogP contribution in [0.15, 0.2) is 29.5 Å². The number of benzene rings is 1. The average Bonchev–Trinajstić information content (AvgIpc) is 3.33. The summed E-state index contributed by atoms with van der Waals surface area (Å²) in [6.45, 7) is 3.31. The van der Waals surface area contributed by atoms with E-state index >= 15 is 0 Å². The van der Waals surface area contributed by atoms with Gasteiger partial charge in [-0.2, -0.15) is 0 Å². The molecule has 1 aromatic rings. The maximum absolute atomic E-state index is 13.6. The fraction of sp³-hybridized carbons (Fsp3) is 0.565. The van der Waals surface area contributed by atoms with Crippen LogP contribution in [0.5, 0.6) is 0 Å². The highest BCUT2D eigenvalue weighted by molar-refractivity contribution is 6.42. The SMILES string of the molecule is CC1CCC2OC3=C(C(=O)C2C1)C(c1ccc(Cl)c(Cl)c1)N(CC1CCCO1)C3=O. The van der Waals surface area contributed by atoms with Gasteiger partial charge in [0.25, 0.3) is 5.91 Å². The molecule has 30 heavy (non-hydrogen) atoms. The third-order valence-corrected chi connectivity index (χ3v) is 7.63. The number of fused-ring (bicyclic) bond motifs is 1. The zero-order valence-electron chi connectivity index (χ0n) is 16.9. The van der Waals surface area contributed by atoms with Crippen molar-refractivity contribution in [2.24, 2.45) is 11.8 Å². The third kappa shape index (κ3) is 3.35. The standard InChI is InChI=1S/C23H25Cl2NO4/c1-12-4-7-18-15(9-12)21(27)19-20(13-5-6-16(24)17(25)10-13)26(23(28)22(19)30-18)11-14-3-2-8-29-14/h5-6,10,12,14-15,18,20H,2-4,7-9,11H2,1H3. The Morgan fingerprint density at radius 2 is 1.97 bits per heavy atom. The molecule has 7 heteroatoms. The topological polar surface area (TPSA) is 55.8 Å². The highest BCUT2D eigenvalue weighted by atomic mass is 35.5. The second-order valence-electron chi connectivity index (χ2n) is 8.96. The number of hydrogen-bond acceptors (Lipinski definition) is 4. The fourth-order valence-corrected chi connectivity index (χ4v) is 5.66. The zero-order chi connectivity index (χ0) is 21.0. The molecule has 1 aromatic carbocycles. The normalized spacial score (nSPS) is 33.6. The van der Waals surface area contributed by atoms with Crippen LogP contribution < -0.4 is 0 Å². The van der Waals surface area contributed by atoms with Crippen molar-refractivity contribution in [3.8, 4) is 0 Å². The average molecular weight is 450 g/mol. The van der Waals surface area contributed by atoms with E-state index in [0.717, 1.165) is 37.7 Å². The lowest BCUT2D eigenvalue weighted by molar-refractivity contribution is -0.136. The van der Waals surface area contributed by atoms with Crippen LogP contribution in [0.1, 0.15) is 50.6 Å². The first kappa shape index (κ1) is 20.3. The molecule has 0 spiro atoms. The van der Waals surface area contributed by atoms with Crippen molar-refractivity contribution in [1.29, 1.82) is 0 Å². The summed E-state index contributed by atoms with van der Waals surface area (Å²) in [5.74, 6) is 0.344. The highest BCUT2D eigenvalue weighted by Gasteiger charge is 2.53. The molecule has 1 amide bonds. The Bertz CT molecular complexity index is 924. The van der Waals surface area contributed by atoms with Crippen LogP contribution in [0.3, 0.4) is 0 Å². The number of rotatable bonds is 3. The summed E-state index contributed by atoms with van der Waals surface area (Å²) in [6.07, 6.45) is 4.28. The molecule has 5 nitrogen and oxygen atoms in total. The molecule has 0 aromatic heterocycles. The molecule has 2 fully saturated rings. The van der Waals surface area contributed by atoms with Crippen LogP contribution in [0.25, 0.3) is 0 Å². The number of carbonyl (C=O) groups is 2. The van der Waals surface area contributed by atoms with E-state index in [9.17, 15) is 9.59 Å². The molecule has 1 saturated carbocycles. The van der Waals surface area contributed by atoms with Crippen LogP contribution in [-0.4, -0.2) is 41.9 Å². The van der Waals surface area contributed by atoms with E-state index in [2.05, 4.69) is 6.92 Å². The molecule has 3 heterocycles. The van der Waals surface area contributed by atoms with Gasteiger partial charge < -0.3 is 14.4 Å². The number of carbonyl (C=O) groups excluding carboxylic acids is 2. The Morgan fingerprint density at radius 1 is 1.13 bits per heavy atom. The lowest BCUT2D eigenvalue weighted by Gasteiger charge is -2.37. The van der Waals surface area contributed by atoms with E-state index in [4.69, 9.17) is 32.7 Å². The number of hydrogen-bond donors (Lipinski definition) is 0. The summed E-state index contributed by atoms with van der Waals surface area (Å²) in [4.78, 5) is 28.8. The van der Waals surface area contributed by atoms with E-state index in [-0.39, 0.29) is 35.6 Å². The highest BCUT2D eigenvalue weighted by Crippen LogP contribution is 2.48. The predicted octanol–water partition coefficient (Wildman–Crippen LogP) is 4.71. The smallest absolute Gasteiger partial charge is 0.290 e. The number of nitrogens with zero attached hydrogens (tertiary/aromatic N) is 1. The van der Waals surface area contributed by atoms with Crippen LogP contribution in [0.2, 0.25) is 10.0 Å². The monoisotopic (exact) mass is 449 g/mol. The van der Waals surface area contributed by atoms with Gasteiger partial charge in [0.2, 0.25) is 0 Å². The van der Waals surface area contributed by atoms with Gasteiger partial charge in [-0.05, 0) is 55.7 Å². The van der Waals surface area contributed by atoms with Crippen molar-refractivity contribution in [3.63, 3.8) is 0 Å². The van der Waals surface area contributed by atoms with Gasteiger partial charge in [-0.1, -0.05) is 36.2 Å². The van der Waals surface area contributed by atoms with Gasteiger partial charge in [0.1, 0.15) is 6.10 Å². The minimum Gasteiger partial charge on any atom is -0.483 e.